The van der Waals surface area contributed by atoms with Crippen LogP contribution in [0.15, 0.2) is 5.11 Å². The van der Waals surface area contributed by atoms with Crippen molar-refractivity contribution in [1.29, 1.82) is 0 Å². The van der Waals surface area contributed by atoms with Crippen molar-refractivity contribution in [1.82, 2.24) is 20.7 Å². The molecule has 1 fully saturated rings. The van der Waals surface area contributed by atoms with Crippen LogP contribution in [0, 0.1) is 5.92 Å². The van der Waals surface area contributed by atoms with Gasteiger partial charge in [0.05, 0.1) is 0 Å². The second kappa shape index (κ2) is 12.7. The fraction of sp³-hybridized carbons (Fsp3) is 0.800. The van der Waals surface area contributed by atoms with Crippen molar-refractivity contribution in [2.75, 3.05) is 19.6 Å². The first kappa shape index (κ1) is 27.8. The second-order valence-corrected chi connectivity index (χ2v) is 9.23. The molecule has 0 unspecified atom stereocenters. The zero-order chi connectivity index (χ0) is 25.2. The topological polar surface area (TPSA) is 177 Å². The van der Waals surface area contributed by atoms with E-state index in [1.807, 2.05) is 13.8 Å². The number of nitrogens with zero attached hydrogens (tertiary/aromatic N) is 5. The Kier molecular flexibility index (Phi) is 10.7. The molecule has 33 heavy (non-hydrogen) atoms. The Morgan fingerprint density at radius 3 is 2.52 bits per heavy atom. The zero-order valence-corrected chi connectivity index (χ0v) is 19.9. The highest BCUT2D eigenvalue weighted by Gasteiger charge is 2.36. The Labute approximate surface area is 193 Å². The SMILES string of the molecule is CC(C)C[C@H](NC(=O)N(CCCN=[N+]=[N-])NC(=O)[C@@H]1CCCN1C(=O)O)C(=O)OC(C)(C)C. The third-order valence-corrected chi connectivity index (χ3v) is 4.69. The van der Waals surface area contributed by atoms with Crippen molar-refractivity contribution in [2.45, 2.75) is 78.0 Å². The number of carbonyl (C=O) groups is 4. The molecule has 0 aromatic heterocycles. The Bertz CT molecular complexity index is 760. The normalized spacial score (nSPS) is 16.5. The standard InChI is InChI=1S/C20H35N7O6/c1-13(2)12-14(17(29)33-20(3,4)5)23-18(30)27(11-7-9-22-25-21)24-16(28)15-8-6-10-26(15)19(31)32/h13-15H,6-12H2,1-5H3,(H,23,30)(H,24,28)(H,31,32)/t14-,15-/m0/s1. The van der Waals surface area contributed by atoms with E-state index in [1.165, 1.54) is 0 Å². The third-order valence-electron chi connectivity index (χ3n) is 4.69. The molecule has 1 aliphatic heterocycles. The molecule has 3 N–H and O–H groups in total. The molecular formula is C20H35N7O6. The highest BCUT2D eigenvalue weighted by atomic mass is 16.6. The maximum absolute atomic E-state index is 13.0. The molecule has 0 radical (unpaired) electrons. The molecule has 1 aliphatic rings. The van der Waals surface area contributed by atoms with Crippen molar-refractivity contribution in [2.24, 2.45) is 11.0 Å². The van der Waals surface area contributed by atoms with Gasteiger partial charge in [0, 0.05) is 24.5 Å². The van der Waals surface area contributed by atoms with Crippen LogP contribution in [0.3, 0.4) is 0 Å². The van der Waals surface area contributed by atoms with Crippen molar-refractivity contribution in [3.8, 4) is 0 Å². The summed E-state index contributed by atoms with van der Waals surface area (Å²) < 4.78 is 5.41. The number of azide groups is 1. The lowest BCUT2D eigenvalue weighted by molar-refractivity contribution is -0.157. The van der Waals surface area contributed by atoms with E-state index < -0.39 is 41.7 Å². The number of likely N-dealkylation sites (tertiary alicyclic amines) is 1. The lowest BCUT2D eigenvalue weighted by atomic mass is 10.0. The van der Waals surface area contributed by atoms with Gasteiger partial charge in [-0.3, -0.25) is 15.1 Å². The van der Waals surface area contributed by atoms with E-state index in [4.69, 9.17) is 10.3 Å². The van der Waals surface area contributed by atoms with Crippen LogP contribution in [0.25, 0.3) is 10.4 Å². The van der Waals surface area contributed by atoms with Crippen molar-refractivity contribution < 1.29 is 29.0 Å². The largest absolute Gasteiger partial charge is 0.465 e. The van der Waals surface area contributed by atoms with E-state index >= 15 is 0 Å². The minimum absolute atomic E-state index is 0.0148. The van der Waals surface area contributed by atoms with Crippen LogP contribution in [0.2, 0.25) is 0 Å². The Balaban J connectivity index is 2.98. The molecule has 13 heteroatoms. The fourth-order valence-corrected chi connectivity index (χ4v) is 3.31. The molecule has 0 saturated carbocycles. The summed E-state index contributed by atoms with van der Waals surface area (Å²) in [5.74, 6) is -1.18. The van der Waals surface area contributed by atoms with Gasteiger partial charge in [0.25, 0.3) is 5.91 Å². The number of ether oxygens (including phenoxy) is 1. The molecule has 1 heterocycles. The van der Waals surface area contributed by atoms with Gasteiger partial charge in [0.2, 0.25) is 0 Å². The van der Waals surface area contributed by atoms with E-state index in [-0.39, 0.29) is 32.0 Å². The predicted octanol–water partition coefficient (Wildman–Crippen LogP) is 2.63. The van der Waals surface area contributed by atoms with Crippen LogP contribution < -0.4 is 10.7 Å². The van der Waals surface area contributed by atoms with Crippen LogP contribution in [0.4, 0.5) is 9.59 Å². The van der Waals surface area contributed by atoms with Gasteiger partial charge >= 0.3 is 18.1 Å². The molecule has 4 amide bonds. The number of hydrogen-bond donors (Lipinski definition) is 3. The predicted molar refractivity (Wildman–Crippen MR) is 119 cm³/mol. The highest BCUT2D eigenvalue weighted by Crippen LogP contribution is 2.18. The number of hydrogen-bond acceptors (Lipinski definition) is 6. The molecule has 0 aromatic rings. The lowest BCUT2D eigenvalue weighted by Gasteiger charge is -2.30. The molecular weight excluding hydrogens is 434 g/mol. The van der Waals surface area contributed by atoms with Gasteiger partial charge < -0.3 is 15.2 Å². The summed E-state index contributed by atoms with van der Waals surface area (Å²) in [6, 6.07) is -2.62. The van der Waals surface area contributed by atoms with Crippen molar-refractivity contribution in [3.63, 3.8) is 0 Å². The van der Waals surface area contributed by atoms with Gasteiger partial charge in [0.1, 0.15) is 17.7 Å². The third kappa shape index (κ3) is 9.85. The Morgan fingerprint density at radius 1 is 1.30 bits per heavy atom. The van der Waals surface area contributed by atoms with E-state index in [0.717, 1.165) is 9.91 Å². The Hall–Kier alpha value is -3.21. The number of carboxylic acid groups (broad SMARTS) is 1. The zero-order valence-electron chi connectivity index (χ0n) is 19.9. The van der Waals surface area contributed by atoms with Crippen LogP contribution in [0.1, 0.15) is 60.3 Å². The summed E-state index contributed by atoms with van der Waals surface area (Å²) in [5.41, 5.74) is 10.2. The Morgan fingerprint density at radius 2 is 1.97 bits per heavy atom. The molecule has 13 nitrogen and oxygen atoms in total. The van der Waals surface area contributed by atoms with Crippen LogP contribution in [-0.4, -0.2) is 76.3 Å². The quantitative estimate of drug-likeness (QED) is 0.117. The molecule has 2 atom stereocenters. The first-order chi connectivity index (χ1) is 15.4. The minimum Gasteiger partial charge on any atom is -0.465 e. The van der Waals surface area contributed by atoms with Gasteiger partial charge in [0.15, 0.2) is 0 Å². The second-order valence-electron chi connectivity index (χ2n) is 9.23. The number of urea groups is 1. The van der Waals surface area contributed by atoms with E-state index in [9.17, 15) is 24.3 Å². The number of carbonyl (C=O) groups excluding carboxylic acids is 3. The van der Waals surface area contributed by atoms with Crippen LogP contribution in [0.5, 0.6) is 0 Å². The average molecular weight is 470 g/mol. The fourth-order valence-electron chi connectivity index (χ4n) is 3.31. The maximum Gasteiger partial charge on any atom is 0.407 e. The minimum atomic E-state index is -1.21. The first-order valence-electron chi connectivity index (χ1n) is 11.0. The lowest BCUT2D eigenvalue weighted by Crippen LogP contribution is -2.58. The van der Waals surface area contributed by atoms with Crippen molar-refractivity contribution >= 4 is 24.0 Å². The van der Waals surface area contributed by atoms with Crippen LogP contribution >= 0.6 is 0 Å². The molecule has 1 rings (SSSR count). The van der Waals surface area contributed by atoms with Gasteiger partial charge in [-0.25, -0.2) is 19.4 Å². The van der Waals surface area contributed by atoms with E-state index in [0.29, 0.717) is 19.3 Å². The number of nitrogens with one attached hydrogen (secondary N) is 2. The molecule has 186 valence electrons. The van der Waals surface area contributed by atoms with Crippen LogP contribution in [-0.2, 0) is 14.3 Å². The summed E-state index contributed by atoms with van der Waals surface area (Å²) in [6.45, 7) is 9.24. The summed E-state index contributed by atoms with van der Waals surface area (Å²) in [4.78, 5) is 53.4. The van der Waals surface area contributed by atoms with Gasteiger partial charge in [-0.15, -0.1) is 0 Å². The molecule has 0 aliphatic carbocycles. The van der Waals surface area contributed by atoms with Gasteiger partial charge in [-0.05, 0) is 57.9 Å². The number of hydrazine groups is 1. The molecule has 1 saturated heterocycles. The highest BCUT2D eigenvalue weighted by molar-refractivity contribution is 5.89. The molecule has 0 spiro atoms. The summed E-state index contributed by atoms with van der Waals surface area (Å²) in [5, 5.41) is 16.3. The smallest absolute Gasteiger partial charge is 0.407 e. The maximum atomic E-state index is 13.0. The summed E-state index contributed by atoms with van der Waals surface area (Å²) in [7, 11) is 0. The number of esters is 1. The van der Waals surface area contributed by atoms with E-state index in [2.05, 4.69) is 20.8 Å². The van der Waals surface area contributed by atoms with Crippen molar-refractivity contribution in [3.05, 3.63) is 10.4 Å². The van der Waals surface area contributed by atoms with Gasteiger partial charge in [-0.2, -0.15) is 0 Å². The number of rotatable bonds is 9. The monoisotopic (exact) mass is 469 g/mol. The summed E-state index contributed by atoms with van der Waals surface area (Å²) >= 11 is 0. The first-order valence-corrected chi connectivity index (χ1v) is 11.0. The molecule has 0 bridgehead atoms. The average Bonchev–Trinajstić information content (AvgIpc) is 3.18. The number of amides is 4. The van der Waals surface area contributed by atoms with Gasteiger partial charge in [-0.1, -0.05) is 19.0 Å². The summed E-state index contributed by atoms with van der Waals surface area (Å²) in [6.07, 6.45) is 0.208. The molecule has 0 aromatic carbocycles. The van der Waals surface area contributed by atoms with E-state index in [1.54, 1.807) is 20.8 Å².